The fraction of sp³-hybridized carbons (Fsp3) is 0.571. The van der Waals surface area contributed by atoms with Gasteiger partial charge in [0, 0.05) is 22.6 Å². The Kier molecular flexibility index (Phi) is 4.51. The van der Waals surface area contributed by atoms with E-state index in [1.165, 1.54) is 31.2 Å². The molecule has 1 aromatic carbocycles. The van der Waals surface area contributed by atoms with Gasteiger partial charge >= 0.3 is 0 Å². The molecular formula is C14H19BrClN. The first-order valence-electron chi connectivity index (χ1n) is 6.24. The molecule has 94 valence electrons. The molecule has 0 amide bonds. The van der Waals surface area contributed by atoms with Crippen LogP contribution in [-0.2, 0) is 6.54 Å². The van der Waals surface area contributed by atoms with Crippen molar-refractivity contribution in [3.8, 4) is 0 Å². The van der Waals surface area contributed by atoms with Crippen molar-refractivity contribution in [3.63, 3.8) is 0 Å². The molecule has 1 N–H and O–H groups in total. The molecule has 0 bridgehead atoms. The van der Waals surface area contributed by atoms with Gasteiger partial charge in [0.05, 0.1) is 0 Å². The summed E-state index contributed by atoms with van der Waals surface area (Å²) in [5, 5.41) is 4.38. The van der Waals surface area contributed by atoms with Crippen molar-refractivity contribution in [2.45, 2.75) is 39.2 Å². The number of halogens is 2. The summed E-state index contributed by atoms with van der Waals surface area (Å²) in [5.74, 6) is 0. The van der Waals surface area contributed by atoms with Gasteiger partial charge in [-0.15, -0.1) is 0 Å². The van der Waals surface area contributed by atoms with Crippen LogP contribution in [0.1, 0.15) is 38.2 Å². The molecular weight excluding hydrogens is 298 g/mol. The maximum Gasteiger partial charge on any atom is 0.0462 e. The molecule has 2 rings (SSSR count). The summed E-state index contributed by atoms with van der Waals surface area (Å²) < 4.78 is 1.04. The zero-order chi connectivity index (χ0) is 12.3. The minimum Gasteiger partial charge on any atom is -0.312 e. The molecule has 0 aliphatic heterocycles. The van der Waals surface area contributed by atoms with E-state index in [9.17, 15) is 0 Å². The zero-order valence-corrected chi connectivity index (χ0v) is 12.6. The molecule has 0 saturated heterocycles. The van der Waals surface area contributed by atoms with Gasteiger partial charge in [-0.05, 0) is 36.0 Å². The molecule has 0 radical (unpaired) electrons. The fourth-order valence-electron chi connectivity index (χ4n) is 2.57. The second kappa shape index (κ2) is 5.73. The first-order valence-corrected chi connectivity index (χ1v) is 7.41. The molecule has 1 aliphatic carbocycles. The van der Waals surface area contributed by atoms with Crippen LogP contribution in [0.2, 0.25) is 5.02 Å². The Balaban J connectivity index is 1.85. The maximum atomic E-state index is 6.19. The number of nitrogens with one attached hydrogen (secondary N) is 1. The SMILES string of the molecule is CC1(CNCc2ccc(Br)cc2Cl)CCCC1. The molecule has 1 aromatic rings. The summed E-state index contributed by atoms with van der Waals surface area (Å²) >= 11 is 9.61. The Hall–Kier alpha value is -0.0500. The Morgan fingerprint density at radius 1 is 1.35 bits per heavy atom. The summed E-state index contributed by atoms with van der Waals surface area (Å²) in [6.07, 6.45) is 5.48. The van der Waals surface area contributed by atoms with E-state index in [0.29, 0.717) is 5.41 Å². The van der Waals surface area contributed by atoms with Crippen LogP contribution in [0.15, 0.2) is 22.7 Å². The molecule has 1 saturated carbocycles. The summed E-state index contributed by atoms with van der Waals surface area (Å²) in [6, 6.07) is 6.08. The van der Waals surface area contributed by atoms with Crippen molar-refractivity contribution in [2.75, 3.05) is 6.54 Å². The van der Waals surface area contributed by atoms with Gasteiger partial charge in [0.15, 0.2) is 0 Å². The minimum atomic E-state index is 0.502. The number of rotatable bonds is 4. The third-order valence-corrected chi connectivity index (χ3v) is 4.54. The molecule has 1 fully saturated rings. The quantitative estimate of drug-likeness (QED) is 0.843. The van der Waals surface area contributed by atoms with Crippen molar-refractivity contribution in [3.05, 3.63) is 33.3 Å². The molecule has 0 heterocycles. The highest BCUT2D eigenvalue weighted by Gasteiger charge is 2.27. The summed E-state index contributed by atoms with van der Waals surface area (Å²) in [5.41, 5.74) is 1.68. The van der Waals surface area contributed by atoms with Crippen LogP contribution in [0.3, 0.4) is 0 Å². The number of benzene rings is 1. The minimum absolute atomic E-state index is 0.502. The average molecular weight is 317 g/mol. The lowest BCUT2D eigenvalue weighted by atomic mass is 9.89. The van der Waals surface area contributed by atoms with Crippen LogP contribution in [0, 0.1) is 5.41 Å². The molecule has 3 heteroatoms. The highest BCUT2D eigenvalue weighted by atomic mass is 79.9. The highest BCUT2D eigenvalue weighted by molar-refractivity contribution is 9.10. The van der Waals surface area contributed by atoms with Crippen molar-refractivity contribution < 1.29 is 0 Å². The standard InChI is InChI=1S/C14H19BrClN/c1-14(6-2-3-7-14)10-17-9-11-4-5-12(15)8-13(11)16/h4-5,8,17H,2-3,6-7,9-10H2,1H3. The van der Waals surface area contributed by atoms with Gasteiger partial charge in [0.25, 0.3) is 0 Å². The van der Waals surface area contributed by atoms with E-state index in [4.69, 9.17) is 11.6 Å². The zero-order valence-electron chi connectivity index (χ0n) is 10.2. The van der Waals surface area contributed by atoms with Gasteiger partial charge in [-0.2, -0.15) is 0 Å². The summed E-state index contributed by atoms with van der Waals surface area (Å²) in [4.78, 5) is 0. The molecule has 1 nitrogen and oxygen atoms in total. The smallest absolute Gasteiger partial charge is 0.0462 e. The molecule has 0 unspecified atom stereocenters. The van der Waals surface area contributed by atoms with Gasteiger partial charge in [-0.25, -0.2) is 0 Å². The van der Waals surface area contributed by atoms with E-state index in [-0.39, 0.29) is 0 Å². The first-order chi connectivity index (χ1) is 8.09. The van der Waals surface area contributed by atoms with E-state index in [1.807, 2.05) is 12.1 Å². The lowest BCUT2D eigenvalue weighted by Gasteiger charge is -2.24. The summed E-state index contributed by atoms with van der Waals surface area (Å²) in [7, 11) is 0. The average Bonchev–Trinajstić information content (AvgIpc) is 2.69. The topological polar surface area (TPSA) is 12.0 Å². The van der Waals surface area contributed by atoms with Crippen molar-refractivity contribution in [1.82, 2.24) is 5.32 Å². The maximum absolute atomic E-state index is 6.19. The van der Waals surface area contributed by atoms with Crippen LogP contribution >= 0.6 is 27.5 Å². The predicted molar refractivity (Wildman–Crippen MR) is 77.4 cm³/mol. The lowest BCUT2D eigenvalue weighted by molar-refractivity contribution is 0.314. The van der Waals surface area contributed by atoms with Gasteiger partial charge in [-0.3, -0.25) is 0 Å². The Labute approximate surface area is 117 Å². The van der Waals surface area contributed by atoms with E-state index < -0.39 is 0 Å². The largest absolute Gasteiger partial charge is 0.312 e. The van der Waals surface area contributed by atoms with E-state index in [0.717, 1.165) is 22.6 Å². The van der Waals surface area contributed by atoms with Crippen LogP contribution < -0.4 is 5.32 Å². The van der Waals surface area contributed by atoms with Crippen molar-refractivity contribution >= 4 is 27.5 Å². The van der Waals surface area contributed by atoms with Gasteiger partial charge in [-0.1, -0.05) is 53.4 Å². The van der Waals surface area contributed by atoms with Gasteiger partial charge < -0.3 is 5.32 Å². The lowest BCUT2D eigenvalue weighted by Crippen LogP contribution is -2.29. The van der Waals surface area contributed by atoms with E-state index in [1.54, 1.807) is 0 Å². The fourth-order valence-corrected chi connectivity index (χ4v) is 3.31. The van der Waals surface area contributed by atoms with Gasteiger partial charge in [0.1, 0.15) is 0 Å². The monoisotopic (exact) mass is 315 g/mol. The normalized spacial score (nSPS) is 18.5. The molecule has 0 spiro atoms. The summed E-state index contributed by atoms with van der Waals surface area (Å²) in [6.45, 7) is 4.34. The van der Waals surface area contributed by atoms with Crippen LogP contribution in [0.25, 0.3) is 0 Å². The van der Waals surface area contributed by atoms with Crippen LogP contribution in [-0.4, -0.2) is 6.54 Å². The van der Waals surface area contributed by atoms with Gasteiger partial charge in [0.2, 0.25) is 0 Å². The third kappa shape index (κ3) is 3.70. The van der Waals surface area contributed by atoms with Crippen LogP contribution in [0.5, 0.6) is 0 Å². The number of hydrogen-bond acceptors (Lipinski definition) is 1. The second-order valence-electron chi connectivity index (χ2n) is 5.36. The number of hydrogen-bond donors (Lipinski definition) is 1. The van der Waals surface area contributed by atoms with Crippen molar-refractivity contribution in [1.29, 1.82) is 0 Å². The second-order valence-corrected chi connectivity index (χ2v) is 6.68. The van der Waals surface area contributed by atoms with Crippen LogP contribution in [0.4, 0.5) is 0 Å². The Bertz CT molecular complexity index is 386. The molecule has 1 aliphatic rings. The molecule has 0 aromatic heterocycles. The van der Waals surface area contributed by atoms with E-state index in [2.05, 4.69) is 34.2 Å². The predicted octanol–water partition coefficient (Wildman–Crippen LogP) is 4.77. The van der Waals surface area contributed by atoms with Crippen molar-refractivity contribution in [2.24, 2.45) is 5.41 Å². The first kappa shape index (κ1) is 13.4. The molecule has 17 heavy (non-hydrogen) atoms. The highest BCUT2D eigenvalue weighted by Crippen LogP contribution is 2.36. The molecule has 0 atom stereocenters. The third-order valence-electron chi connectivity index (χ3n) is 3.69. The Morgan fingerprint density at radius 2 is 2.06 bits per heavy atom. The Morgan fingerprint density at radius 3 is 2.71 bits per heavy atom. The van der Waals surface area contributed by atoms with E-state index >= 15 is 0 Å².